The molecule has 1 aliphatic rings. The van der Waals surface area contributed by atoms with E-state index in [0.717, 1.165) is 11.8 Å². The van der Waals surface area contributed by atoms with Crippen LogP contribution in [-0.4, -0.2) is 37.6 Å². The number of rotatable bonds is 6. The van der Waals surface area contributed by atoms with Gasteiger partial charge in [0, 0.05) is 19.3 Å². The summed E-state index contributed by atoms with van der Waals surface area (Å²) >= 11 is 6.40. The summed E-state index contributed by atoms with van der Waals surface area (Å²) in [6.45, 7) is 8.07. The van der Waals surface area contributed by atoms with Crippen LogP contribution in [0.1, 0.15) is 5.56 Å². The molecule has 1 aliphatic heterocycles. The van der Waals surface area contributed by atoms with Gasteiger partial charge in [-0.3, -0.25) is 18.9 Å². The maximum absolute atomic E-state index is 12.9. The van der Waals surface area contributed by atoms with Gasteiger partial charge in [0.15, 0.2) is 0 Å². The van der Waals surface area contributed by atoms with E-state index in [0.29, 0.717) is 39.3 Å². The first-order valence-electron chi connectivity index (χ1n) is 7.79. The molecule has 0 radical (unpaired) electrons. The van der Waals surface area contributed by atoms with Gasteiger partial charge in [0.05, 0.1) is 10.5 Å². The molecule has 2 aromatic rings. The number of aromatic nitrogens is 2. The third-order valence-electron chi connectivity index (χ3n) is 3.64. The number of fused-ring (bicyclic) bond motifs is 1. The fourth-order valence-corrected chi connectivity index (χ4v) is 3.71. The monoisotopic (exact) mass is 384 g/mol. The Morgan fingerprint density at radius 3 is 2.81 bits per heavy atom. The number of hydrogen-bond acceptors (Lipinski definition) is 6. The zero-order chi connectivity index (χ0) is 18.7. The van der Waals surface area contributed by atoms with Crippen molar-refractivity contribution in [3.63, 3.8) is 0 Å². The molecular weight excluding hydrogens is 368 g/mol. The highest BCUT2D eigenvalue weighted by atomic mass is 32.2. The van der Waals surface area contributed by atoms with Crippen LogP contribution in [0.15, 0.2) is 59.4 Å². The number of carbonyl (C=O) groups excluding carboxylic acids is 1. The Morgan fingerprint density at radius 1 is 1.27 bits per heavy atom. The van der Waals surface area contributed by atoms with E-state index in [1.807, 2.05) is 0 Å². The molecule has 0 aliphatic carbocycles. The van der Waals surface area contributed by atoms with Crippen molar-refractivity contribution in [3.8, 4) is 0 Å². The summed E-state index contributed by atoms with van der Waals surface area (Å²) in [7, 11) is 0. The van der Waals surface area contributed by atoms with Crippen LogP contribution in [0.25, 0.3) is 11.7 Å². The zero-order valence-corrected chi connectivity index (χ0v) is 15.5. The quantitative estimate of drug-likeness (QED) is 0.469. The van der Waals surface area contributed by atoms with Crippen molar-refractivity contribution in [1.29, 1.82) is 0 Å². The molecule has 8 heteroatoms. The summed E-state index contributed by atoms with van der Waals surface area (Å²) in [6.07, 6.45) is 6.46. The number of anilines is 1. The van der Waals surface area contributed by atoms with Gasteiger partial charge in [-0.15, -0.1) is 13.2 Å². The maximum atomic E-state index is 12.9. The van der Waals surface area contributed by atoms with E-state index in [2.05, 4.69) is 23.5 Å². The molecule has 1 amide bonds. The van der Waals surface area contributed by atoms with Gasteiger partial charge in [0.25, 0.3) is 11.5 Å². The van der Waals surface area contributed by atoms with E-state index in [1.165, 1.54) is 9.30 Å². The molecule has 1 N–H and O–H groups in total. The summed E-state index contributed by atoms with van der Waals surface area (Å²) in [6, 6.07) is 5.30. The fraction of sp³-hybridized carbons (Fsp3) is 0.111. The molecule has 3 rings (SSSR count). The van der Waals surface area contributed by atoms with Crippen molar-refractivity contribution in [1.82, 2.24) is 14.3 Å². The number of pyridine rings is 1. The highest BCUT2D eigenvalue weighted by Gasteiger charge is 2.31. The molecule has 0 spiro atoms. The summed E-state index contributed by atoms with van der Waals surface area (Å²) in [5.74, 6) is 0.155. The smallest absolute Gasteiger partial charge is 0.267 e. The molecule has 1 saturated heterocycles. The van der Waals surface area contributed by atoms with Crippen molar-refractivity contribution >= 4 is 51.7 Å². The van der Waals surface area contributed by atoms with Crippen LogP contribution in [0.2, 0.25) is 0 Å². The second-order valence-corrected chi connectivity index (χ2v) is 7.03. The summed E-state index contributed by atoms with van der Waals surface area (Å²) in [4.78, 5) is 31.8. The lowest BCUT2D eigenvalue weighted by molar-refractivity contribution is -0.121. The molecular formula is C18H16N4O2S2. The Balaban J connectivity index is 2.14. The number of carbonyl (C=O) groups is 1. The zero-order valence-electron chi connectivity index (χ0n) is 13.8. The first-order valence-corrected chi connectivity index (χ1v) is 9.01. The maximum Gasteiger partial charge on any atom is 0.267 e. The van der Waals surface area contributed by atoms with Gasteiger partial charge < -0.3 is 5.32 Å². The Hall–Kier alpha value is -2.71. The van der Waals surface area contributed by atoms with E-state index in [9.17, 15) is 9.59 Å². The molecule has 26 heavy (non-hydrogen) atoms. The van der Waals surface area contributed by atoms with Crippen LogP contribution >= 0.6 is 24.0 Å². The minimum atomic E-state index is -0.267. The van der Waals surface area contributed by atoms with Gasteiger partial charge in [-0.25, -0.2) is 4.98 Å². The van der Waals surface area contributed by atoms with E-state index in [1.54, 1.807) is 42.6 Å². The lowest BCUT2D eigenvalue weighted by Gasteiger charge is -2.11. The van der Waals surface area contributed by atoms with Crippen LogP contribution in [-0.2, 0) is 4.79 Å². The topological polar surface area (TPSA) is 66.7 Å². The predicted molar refractivity (Wildman–Crippen MR) is 110 cm³/mol. The summed E-state index contributed by atoms with van der Waals surface area (Å²) in [5, 5.41) is 3.06. The molecule has 0 aromatic carbocycles. The lowest BCUT2D eigenvalue weighted by atomic mass is 10.2. The Bertz CT molecular complexity index is 1010. The van der Waals surface area contributed by atoms with E-state index < -0.39 is 0 Å². The Kier molecular flexibility index (Phi) is 5.34. The average molecular weight is 384 g/mol. The molecule has 0 saturated carbocycles. The van der Waals surface area contributed by atoms with Crippen LogP contribution in [0.3, 0.4) is 0 Å². The van der Waals surface area contributed by atoms with Crippen LogP contribution in [0.5, 0.6) is 0 Å². The fourth-order valence-electron chi connectivity index (χ4n) is 2.45. The SMILES string of the molecule is C=CCNc1nc2ccccn2c(=O)c1/C=C1/SC(=S)N(CC=C)C1=O. The number of hydrogen-bond donors (Lipinski definition) is 1. The van der Waals surface area contributed by atoms with Gasteiger partial charge in [-0.2, -0.15) is 0 Å². The Morgan fingerprint density at radius 2 is 2.08 bits per heavy atom. The van der Waals surface area contributed by atoms with Gasteiger partial charge >= 0.3 is 0 Å². The molecule has 1 fully saturated rings. The number of nitrogens with one attached hydrogen (secondary N) is 1. The van der Waals surface area contributed by atoms with Crippen molar-refractivity contribution in [3.05, 3.63) is 70.5 Å². The predicted octanol–water partition coefficient (Wildman–Crippen LogP) is 2.68. The molecule has 0 unspecified atom stereocenters. The third kappa shape index (κ3) is 3.33. The van der Waals surface area contributed by atoms with Gasteiger partial charge in [0.2, 0.25) is 0 Å². The van der Waals surface area contributed by atoms with Crippen LogP contribution in [0, 0.1) is 0 Å². The van der Waals surface area contributed by atoms with Crippen molar-refractivity contribution < 1.29 is 4.79 Å². The normalized spacial score (nSPS) is 15.7. The molecule has 2 aromatic heterocycles. The molecule has 3 heterocycles. The number of nitrogens with zero attached hydrogens (tertiary/aromatic N) is 3. The minimum absolute atomic E-state index is 0.243. The van der Waals surface area contributed by atoms with Crippen molar-refractivity contribution in [2.45, 2.75) is 0 Å². The molecule has 0 bridgehead atoms. The minimum Gasteiger partial charge on any atom is -0.366 e. The van der Waals surface area contributed by atoms with Crippen LogP contribution in [0.4, 0.5) is 5.82 Å². The third-order valence-corrected chi connectivity index (χ3v) is 5.02. The first kappa shape index (κ1) is 18.1. The second kappa shape index (κ2) is 7.67. The first-order chi connectivity index (χ1) is 12.6. The Labute approximate surface area is 159 Å². The average Bonchev–Trinajstić information content (AvgIpc) is 2.90. The van der Waals surface area contributed by atoms with Crippen molar-refractivity contribution in [2.24, 2.45) is 0 Å². The van der Waals surface area contributed by atoms with E-state index in [-0.39, 0.29) is 11.5 Å². The van der Waals surface area contributed by atoms with Crippen LogP contribution < -0.4 is 10.9 Å². The number of thioether (sulfide) groups is 1. The second-order valence-electron chi connectivity index (χ2n) is 5.36. The molecule has 6 nitrogen and oxygen atoms in total. The van der Waals surface area contributed by atoms with E-state index in [4.69, 9.17) is 12.2 Å². The van der Waals surface area contributed by atoms with E-state index >= 15 is 0 Å². The standard InChI is InChI=1S/C18H16N4O2S2/c1-3-8-19-15-12(16(23)21-10-6-5-7-14(21)20-15)11-13-17(24)22(9-4-2)18(25)26-13/h3-7,10-11,19H,1-2,8-9H2/b13-11+. The largest absolute Gasteiger partial charge is 0.366 e. The number of thiocarbonyl (C=S) groups is 1. The van der Waals surface area contributed by atoms with Crippen molar-refractivity contribution in [2.75, 3.05) is 18.4 Å². The highest BCUT2D eigenvalue weighted by Crippen LogP contribution is 2.32. The lowest BCUT2D eigenvalue weighted by Crippen LogP contribution is -2.28. The highest BCUT2D eigenvalue weighted by molar-refractivity contribution is 8.26. The van der Waals surface area contributed by atoms with Gasteiger partial charge in [-0.1, -0.05) is 42.2 Å². The molecule has 0 atom stereocenters. The molecule has 132 valence electrons. The summed E-state index contributed by atoms with van der Waals surface area (Å²) in [5.41, 5.74) is 0.547. The summed E-state index contributed by atoms with van der Waals surface area (Å²) < 4.78 is 1.88. The van der Waals surface area contributed by atoms with Gasteiger partial charge in [0.1, 0.15) is 15.8 Å². The number of amides is 1. The van der Waals surface area contributed by atoms with Gasteiger partial charge in [-0.05, 0) is 18.2 Å².